The van der Waals surface area contributed by atoms with E-state index in [2.05, 4.69) is 20.8 Å². The van der Waals surface area contributed by atoms with Gasteiger partial charge in [0.25, 0.3) is 0 Å². The molecule has 0 fully saturated rings. The summed E-state index contributed by atoms with van der Waals surface area (Å²) in [7, 11) is 0. The zero-order valence-corrected chi connectivity index (χ0v) is 20.0. The van der Waals surface area contributed by atoms with Gasteiger partial charge in [-0.15, -0.1) is 10.2 Å². The lowest BCUT2D eigenvalue weighted by Gasteiger charge is -2.13. The first-order valence-corrected chi connectivity index (χ1v) is 11.5. The number of halogens is 1. The first-order valence-electron chi connectivity index (χ1n) is 10.3. The maximum Gasteiger partial charge on any atom is 0.237 e. The van der Waals surface area contributed by atoms with Gasteiger partial charge in [-0.1, -0.05) is 29.4 Å². The Kier molecular flexibility index (Phi) is 7.93. The molecule has 32 heavy (non-hydrogen) atoms. The molecule has 1 aromatic heterocycles. The third-order valence-corrected chi connectivity index (χ3v) is 6.43. The molecule has 2 N–H and O–H groups in total. The van der Waals surface area contributed by atoms with Crippen molar-refractivity contribution < 1.29 is 9.59 Å². The molecule has 1 heterocycles. The number of aromatic nitrogens is 3. The van der Waals surface area contributed by atoms with Crippen LogP contribution in [0.4, 0.5) is 11.4 Å². The molecule has 3 rings (SSSR count). The molecule has 7 nitrogen and oxygen atoms in total. The van der Waals surface area contributed by atoms with E-state index in [-0.39, 0.29) is 16.9 Å². The summed E-state index contributed by atoms with van der Waals surface area (Å²) in [6.07, 6.45) is 0. The number of carbonyl (C=O) groups is 2. The van der Waals surface area contributed by atoms with E-state index >= 15 is 0 Å². The molecule has 3 aromatic rings. The lowest BCUT2D eigenvalue weighted by Crippen LogP contribution is -2.23. The first-order chi connectivity index (χ1) is 15.3. The highest BCUT2D eigenvalue weighted by molar-refractivity contribution is 8.00. The molecule has 0 bridgehead atoms. The van der Waals surface area contributed by atoms with Gasteiger partial charge in [0.15, 0.2) is 16.8 Å². The van der Waals surface area contributed by atoms with E-state index in [4.69, 9.17) is 11.6 Å². The Balaban J connectivity index is 1.62. The summed E-state index contributed by atoms with van der Waals surface area (Å²) in [6, 6.07) is 12.7. The van der Waals surface area contributed by atoms with Crippen LogP contribution in [0.15, 0.2) is 47.6 Å². The summed E-state index contributed by atoms with van der Waals surface area (Å²) in [6.45, 7) is 8.48. The number of nitrogens with one attached hydrogen (secondary N) is 2. The Bertz CT molecular complexity index is 1110. The number of rotatable bonds is 9. The third-order valence-electron chi connectivity index (χ3n) is 4.94. The van der Waals surface area contributed by atoms with Gasteiger partial charge in [-0.3, -0.25) is 9.59 Å². The minimum atomic E-state index is -0.381. The number of thioether (sulfide) groups is 1. The van der Waals surface area contributed by atoms with Crippen molar-refractivity contribution in [2.75, 3.05) is 10.6 Å². The highest BCUT2D eigenvalue weighted by Gasteiger charge is 2.20. The lowest BCUT2D eigenvalue weighted by molar-refractivity contribution is -0.115. The van der Waals surface area contributed by atoms with E-state index in [1.165, 1.54) is 18.7 Å². The minimum absolute atomic E-state index is 0.0125. The smallest absolute Gasteiger partial charge is 0.237 e. The number of benzene rings is 2. The van der Waals surface area contributed by atoms with Gasteiger partial charge in [0, 0.05) is 28.5 Å². The number of hydrogen-bond acceptors (Lipinski definition) is 6. The van der Waals surface area contributed by atoms with Crippen molar-refractivity contribution in [2.24, 2.45) is 0 Å². The molecule has 2 aromatic carbocycles. The predicted molar refractivity (Wildman–Crippen MR) is 130 cm³/mol. The van der Waals surface area contributed by atoms with Gasteiger partial charge in [0.05, 0.1) is 11.8 Å². The third kappa shape index (κ3) is 5.89. The summed E-state index contributed by atoms with van der Waals surface area (Å²) < 4.78 is 1.99. The Morgan fingerprint density at radius 1 is 1.12 bits per heavy atom. The minimum Gasteiger partial charge on any atom is -0.378 e. The van der Waals surface area contributed by atoms with Crippen LogP contribution in [0.2, 0.25) is 5.02 Å². The molecule has 0 saturated carbocycles. The molecule has 1 amide bonds. The zero-order chi connectivity index (χ0) is 23.3. The fraction of sp³-hybridized carbons (Fsp3) is 0.304. The van der Waals surface area contributed by atoms with E-state index in [1.54, 1.807) is 24.3 Å². The van der Waals surface area contributed by atoms with Gasteiger partial charge in [-0.2, -0.15) is 0 Å². The average molecular weight is 472 g/mol. The quantitative estimate of drug-likeness (QED) is 0.329. The number of carbonyl (C=O) groups excluding carboxylic acids is 2. The van der Waals surface area contributed by atoms with Crippen molar-refractivity contribution in [3.8, 4) is 0 Å². The van der Waals surface area contributed by atoms with Crippen molar-refractivity contribution >= 4 is 46.4 Å². The highest BCUT2D eigenvalue weighted by Crippen LogP contribution is 2.25. The van der Waals surface area contributed by atoms with Crippen molar-refractivity contribution in [3.63, 3.8) is 0 Å². The molecule has 0 aliphatic heterocycles. The second-order valence-corrected chi connectivity index (χ2v) is 9.06. The molecule has 168 valence electrons. The van der Waals surface area contributed by atoms with Crippen LogP contribution in [-0.4, -0.2) is 31.7 Å². The summed E-state index contributed by atoms with van der Waals surface area (Å²) in [4.78, 5) is 24.0. The summed E-state index contributed by atoms with van der Waals surface area (Å²) in [5, 5.41) is 15.8. The van der Waals surface area contributed by atoms with Crippen LogP contribution in [0.1, 0.15) is 42.5 Å². The molecule has 0 spiro atoms. The van der Waals surface area contributed by atoms with E-state index in [0.29, 0.717) is 34.5 Å². The standard InChI is InChI=1S/C23H26ClN5O2S/c1-5-29-21(13-25-19-9-6-14(2)20(24)12-19)27-28-23(29)32-16(4)22(31)26-18-10-7-17(8-11-18)15(3)30/h6-12,16,25H,5,13H2,1-4H3,(H,26,31)/t16-/m1/s1. The molecular formula is C23H26ClN5O2S. The van der Waals surface area contributed by atoms with E-state index in [1.807, 2.05) is 43.5 Å². The van der Waals surface area contributed by atoms with Crippen LogP contribution < -0.4 is 10.6 Å². The van der Waals surface area contributed by atoms with Gasteiger partial charge >= 0.3 is 0 Å². The fourth-order valence-electron chi connectivity index (χ4n) is 2.98. The van der Waals surface area contributed by atoms with Gasteiger partial charge in [-0.05, 0) is 69.7 Å². The molecule has 1 atom stereocenters. The number of anilines is 2. The van der Waals surface area contributed by atoms with Gasteiger partial charge in [0.1, 0.15) is 0 Å². The molecule has 0 saturated heterocycles. The molecular weight excluding hydrogens is 446 g/mol. The number of hydrogen-bond donors (Lipinski definition) is 2. The maximum absolute atomic E-state index is 12.6. The Morgan fingerprint density at radius 2 is 1.81 bits per heavy atom. The fourth-order valence-corrected chi connectivity index (χ4v) is 4.09. The zero-order valence-electron chi connectivity index (χ0n) is 18.5. The molecule has 9 heteroatoms. The number of Topliss-reactive ketones (excluding diaryl/α,β-unsaturated/α-hetero) is 1. The lowest BCUT2D eigenvalue weighted by atomic mass is 10.1. The van der Waals surface area contributed by atoms with Crippen LogP contribution in [0.5, 0.6) is 0 Å². The molecule has 0 aliphatic carbocycles. The molecule has 0 unspecified atom stereocenters. The SMILES string of the molecule is CCn1c(CNc2ccc(C)c(Cl)c2)nnc1S[C@H](C)C(=O)Nc1ccc(C(C)=O)cc1. The maximum atomic E-state index is 12.6. The van der Waals surface area contributed by atoms with Gasteiger partial charge in [0.2, 0.25) is 5.91 Å². The monoisotopic (exact) mass is 471 g/mol. The van der Waals surface area contributed by atoms with Crippen molar-refractivity contribution in [3.05, 3.63) is 64.4 Å². The summed E-state index contributed by atoms with van der Waals surface area (Å²) >= 11 is 7.55. The van der Waals surface area contributed by atoms with Crippen molar-refractivity contribution in [1.29, 1.82) is 0 Å². The van der Waals surface area contributed by atoms with Crippen LogP contribution in [-0.2, 0) is 17.9 Å². The number of nitrogens with zero attached hydrogens (tertiary/aromatic N) is 3. The Morgan fingerprint density at radius 3 is 2.44 bits per heavy atom. The Labute approximate surface area is 197 Å². The van der Waals surface area contributed by atoms with Crippen molar-refractivity contribution in [2.45, 2.75) is 51.2 Å². The van der Waals surface area contributed by atoms with Crippen LogP contribution in [0.3, 0.4) is 0 Å². The second kappa shape index (κ2) is 10.7. The summed E-state index contributed by atoms with van der Waals surface area (Å²) in [5.74, 6) is 0.616. The second-order valence-electron chi connectivity index (χ2n) is 7.34. The average Bonchev–Trinajstić information content (AvgIpc) is 3.16. The van der Waals surface area contributed by atoms with Gasteiger partial charge < -0.3 is 15.2 Å². The normalized spacial score (nSPS) is 11.8. The van der Waals surface area contributed by atoms with E-state index in [9.17, 15) is 9.59 Å². The predicted octanol–water partition coefficient (Wildman–Crippen LogP) is 5.19. The summed E-state index contributed by atoms with van der Waals surface area (Å²) in [5.41, 5.74) is 3.18. The number of aryl methyl sites for hydroxylation is 1. The molecule has 0 aliphatic rings. The van der Waals surface area contributed by atoms with E-state index < -0.39 is 0 Å². The first kappa shape index (κ1) is 23.8. The van der Waals surface area contributed by atoms with Crippen LogP contribution in [0.25, 0.3) is 0 Å². The van der Waals surface area contributed by atoms with Crippen LogP contribution >= 0.6 is 23.4 Å². The number of amides is 1. The Hall–Kier alpha value is -2.84. The largest absolute Gasteiger partial charge is 0.378 e. The van der Waals surface area contributed by atoms with E-state index in [0.717, 1.165) is 17.1 Å². The highest BCUT2D eigenvalue weighted by atomic mass is 35.5. The van der Waals surface area contributed by atoms with Gasteiger partial charge in [-0.25, -0.2) is 0 Å². The number of ketones is 1. The molecule has 0 radical (unpaired) electrons. The van der Waals surface area contributed by atoms with Crippen LogP contribution in [0, 0.1) is 6.92 Å². The van der Waals surface area contributed by atoms with Crippen molar-refractivity contribution in [1.82, 2.24) is 14.8 Å². The topological polar surface area (TPSA) is 88.9 Å².